The Balaban J connectivity index is 1.83. The molecule has 3 aromatic rings. The fourth-order valence-electron chi connectivity index (χ4n) is 3.00. The van der Waals surface area contributed by atoms with Gasteiger partial charge >= 0.3 is 0 Å². The first kappa shape index (κ1) is 17.0. The van der Waals surface area contributed by atoms with Crippen molar-refractivity contribution in [3.63, 3.8) is 0 Å². The summed E-state index contributed by atoms with van der Waals surface area (Å²) in [6.07, 6.45) is 0.745. The number of aromatic nitrogens is 2. The molecule has 2 N–H and O–H groups in total. The van der Waals surface area contributed by atoms with Crippen molar-refractivity contribution in [2.75, 3.05) is 5.43 Å². The summed E-state index contributed by atoms with van der Waals surface area (Å²) < 4.78 is 0. The highest BCUT2D eigenvalue weighted by Crippen LogP contribution is 2.42. The summed E-state index contributed by atoms with van der Waals surface area (Å²) in [6.45, 7) is 1.98. The van der Waals surface area contributed by atoms with Crippen molar-refractivity contribution in [1.82, 2.24) is 15.2 Å². The molecule has 1 amide bonds. The topological polar surface area (TPSA) is 78.4 Å². The third-order valence-electron chi connectivity index (χ3n) is 4.28. The van der Waals surface area contributed by atoms with Gasteiger partial charge < -0.3 is 5.11 Å². The second-order valence-corrected chi connectivity index (χ2v) is 7.33. The second-order valence-electron chi connectivity index (χ2n) is 5.83. The van der Waals surface area contributed by atoms with E-state index in [2.05, 4.69) is 15.6 Å². The van der Waals surface area contributed by atoms with Crippen LogP contribution in [0.2, 0.25) is 5.02 Å². The molecule has 1 aliphatic rings. The molecule has 0 bridgehead atoms. The maximum Gasteiger partial charge on any atom is 0.275 e. The number of nitrogens with one attached hydrogen (secondary N) is 1. The Morgan fingerprint density at radius 2 is 1.92 bits per heavy atom. The van der Waals surface area contributed by atoms with Crippen LogP contribution in [0.1, 0.15) is 33.4 Å². The Labute approximate surface area is 159 Å². The summed E-state index contributed by atoms with van der Waals surface area (Å²) in [5.74, 6) is -0.341. The molecule has 0 fully saturated rings. The Morgan fingerprint density at radius 1 is 1.19 bits per heavy atom. The molecule has 0 saturated heterocycles. The van der Waals surface area contributed by atoms with Crippen molar-refractivity contribution in [1.29, 1.82) is 0 Å². The van der Waals surface area contributed by atoms with Gasteiger partial charge in [-0.1, -0.05) is 60.2 Å². The summed E-state index contributed by atoms with van der Waals surface area (Å²) in [7, 11) is 0. The highest BCUT2D eigenvalue weighted by molar-refractivity contribution is 7.15. The summed E-state index contributed by atoms with van der Waals surface area (Å²) in [6, 6.07) is 13.7. The van der Waals surface area contributed by atoms with Gasteiger partial charge in [-0.2, -0.15) is 0 Å². The van der Waals surface area contributed by atoms with Crippen LogP contribution in [0.25, 0.3) is 0 Å². The lowest BCUT2D eigenvalue weighted by molar-refractivity contribution is -0.0374. The van der Waals surface area contributed by atoms with Gasteiger partial charge in [0.15, 0.2) is 0 Å². The molecule has 1 aliphatic heterocycles. The van der Waals surface area contributed by atoms with Crippen LogP contribution in [0, 0.1) is 0 Å². The fraction of sp³-hybridized carbons (Fsp3) is 0.167. The Hall–Kier alpha value is -2.48. The fourth-order valence-corrected chi connectivity index (χ4v) is 3.79. The minimum Gasteiger partial charge on any atom is -0.362 e. The van der Waals surface area contributed by atoms with Gasteiger partial charge in [-0.3, -0.25) is 10.2 Å². The number of halogens is 1. The SMILES string of the molecule is CCc1nnc(NN2C(=O)c3ccccc3[C@@]2(O)c2ccc(Cl)cc2)s1. The molecule has 0 aliphatic carbocycles. The standard InChI is InChI=1S/C18H15ClN4O2S/c1-2-15-20-21-17(26-15)22-23-16(24)13-5-3-4-6-14(13)18(23,25)11-7-9-12(19)10-8-11/h3-10,25H,2H2,1H3,(H,21,22)/t18-/m0/s1. The first-order valence-electron chi connectivity index (χ1n) is 8.05. The van der Waals surface area contributed by atoms with E-state index < -0.39 is 5.72 Å². The largest absolute Gasteiger partial charge is 0.362 e. The predicted molar refractivity (Wildman–Crippen MR) is 100.0 cm³/mol. The third-order valence-corrected chi connectivity index (χ3v) is 5.51. The highest BCUT2D eigenvalue weighted by atomic mass is 35.5. The first-order valence-corrected chi connectivity index (χ1v) is 9.25. The lowest BCUT2D eigenvalue weighted by Gasteiger charge is -2.34. The highest BCUT2D eigenvalue weighted by Gasteiger charge is 2.50. The number of aliphatic hydroxyl groups is 1. The molecule has 1 atom stereocenters. The molecule has 4 rings (SSSR count). The zero-order valence-corrected chi connectivity index (χ0v) is 15.4. The first-order chi connectivity index (χ1) is 12.5. The molecule has 8 heteroatoms. The molecule has 26 heavy (non-hydrogen) atoms. The minimum atomic E-state index is -1.68. The van der Waals surface area contributed by atoms with E-state index in [1.165, 1.54) is 16.3 Å². The number of hydrazine groups is 1. The normalized spacial score (nSPS) is 18.9. The van der Waals surface area contributed by atoms with Gasteiger partial charge in [-0.15, -0.1) is 10.2 Å². The number of hydrogen-bond acceptors (Lipinski definition) is 6. The number of carbonyl (C=O) groups excluding carboxylic acids is 1. The molecule has 0 spiro atoms. The van der Waals surface area contributed by atoms with Crippen LogP contribution in [-0.2, 0) is 12.1 Å². The van der Waals surface area contributed by atoms with Crippen LogP contribution in [0.4, 0.5) is 5.13 Å². The van der Waals surface area contributed by atoms with E-state index in [-0.39, 0.29) is 5.91 Å². The van der Waals surface area contributed by atoms with Gasteiger partial charge in [0.05, 0.1) is 0 Å². The summed E-state index contributed by atoms with van der Waals surface area (Å²) >= 11 is 7.32. The number of hydrogen-bond donors (Lipinski definition) is 2. The molecule has 132 valence electrons. The molecule has 1 aromatic heterocycles. The van der Waals surface area contributed by atoms with E-state index in [4.69, 9.17) is 11.6 Å². The van der Waals surface area contributed by atoms with Crippen molar-refractivity contribution >= 4 is 34.0 Å². The second kappa shape index (κ2) is 6.35. The lowest BCUT2D eigenvalue weighted by atomic mass is 9.94. The predicted octanol–water partition coefficient (Wildman–Crippen LogP) is 3.43. The van der Waals surface area contributed by atoms with Crippen LogP contribution in [0.15, 0.2) is 48.5 Å². The maximum atomic E-state index is 13.0. The summed E-state index contributed by atoms with van der Waals surface area (Å²) in [5.41, 5.74) is 2.71. The zero-order valence-electron chi connectivity index (χ0n) is 13.8. The molecule has 2 aromatic carbocycles. The van der Waals surface area contributed by atoms with E-state index >= 15 is 0 Å². The Morgan fingerprint density at radius 3 is 2.62 bits per heavy atom. The number of aryl methyl sites for hydroxylation is 1. The number of nitrogens with zero attached hydrogens (tertiary/aromatic N) is 3. The van der Waals surface area contributed by atoms with Crippen LogP contribution >= 0.6 is 22.9 Å². The summed E-state index contributed by atoms with van der Waals surface area (Å²) in [5, 5.41) is 22.7. The molecule has 0 saturated carbocycles. The van der Waals surface area contributed by atoms with Gasteiger partial charge in [0, 0.05) is 21.7 Å². The summed E-state index contributed by atoms with van der Waals surface area (Å²) in [4.78, 5) is 13.0. The number of fused-ring (bicyclic) bond motifs is 1. The number of rotatable bonds is 4. The molecule has 0 radical (unpaired) electrons. The van der Waals surface area contributed by atoms with Gasteiger partial charge in [0.25, 0.3) is 5.91 Å². The van der Waals surface area contributed by atoms with Crippen molar-refractivity contribution in [2.45, 2.75) is 19.1 Å². The minimum absolute atomic E-state index is 0.341. The molecular weight excluding hydrogens is 372 g/mol. The van der Waals surface area contributed by atoms with E-state index in [1.54, 1.807) is 48.5 Å². The van der Waals surface area contributed by atoms with E-state index in [0.29, 0.717) is 26.8 Å². The monoisotopic (exact) mass is 386 g/mol. The van der Waals surface area contributed by atoms with E-state index in [1.807, 2.05) is 6.92 Å². The number of amides is 1. The Bertz CT molecular complexity index is 975. The molecule has 0 unspecified atom stereocenters. The van der Waals surface area contributed by atoms with Gasteiger partial charge in [0.1, 0.15) is 5.01 Å². The average Bonchev–Trinajstić information content (AvgIpc) is 3.20. The zero-order chi connectivity index (χ0) is 18.3. The van der Waals surface area contributed by atoms with Crippen molar-refractivity contribution in [2.24, 2.45) is 0 Å². The van der Waals surface area contributed by atoms with Crippen molar-refractivity contribution in [3.8, 4) is 0 Å². The number of anilines is 1. The molecule has 6 nitrogen and oxygen atoms in total. The lowest BCUT2D eigenvalue weighted by Crippen LogP contribution is -2.48. The van der Waals surface area contributed by atoms with Crippen LogP contribution < -0.4 is 5.43 Å². The van der Waals surface area contributed by atoms with Crippen LogP contribution in [0.3, 0.4) is 0 Å². The van der Waals surface area contributed by atoms with Crippen molar-refractivity contribution < 1.29 is 9.90 Å². The quantitative estimate of drug-likeness (QED) is 0.718. The number of carbonyl (C=O) groups is 1. The van der Waals surface area contributed by atoms with Crippen molar-refractivity contribution in [3.05, 3.63) is 75.3 Å². The average molecular weight is 387 g/mol. The Kier molecular flexibility index (Phi) is 4.14. The third kappa shape index (κ3) is 2.56. The van der Waals surface area contributed by atoms with Gasteiger partial charge in [0.2, 0.25) is 10.9 Å². The van der Waals surface area contributed by atoms with Crippen LogP contribution in [-0.4, -0.2) is 26.2 Å². The van der Waals surface area contributed by atoms with Gasteiger partial charge in [-0.05, 0) is 24.6 Å². The smallest absolute Gasteiger partial charge is 0.275 e. The van der Waals surface area contributed by atoms with Crippen LogP contribution in [0.5, 0.6) is 0 Å². The molecule has 2 heterocycles. The van der Waals surface area contributed by atoms with E-state index in [0.717, 1.165) is 11.4 Å². The maximum absolute atomic E-state index is 13.0. The van der Waals surface area contributed by atoms with Gasteiger partial charge in [-0.25, -0.2) is 5.01 Å². The number of benzene rings is 2. The molecular formula is C18H15ClN4O2S. The van der Waals surface area contributed by atoms with E-state index in [9.17, 15) is 9.90 Å².